The third-order valence-corrected chi connectivity index (χ3v) is 2.92. The van der Waals surface area contributed by atoms with Gasteiger partial charge < -0.3 is 9.64 Å². The van der Waals surface area contributed by atoms with E-state index in [0.717, 1.165) is 17.9 Å². The molecule has 3 heteroatoms. The van der Waals surface area contributed by atoms with E-state index in [0.29, 0.717) is 0 Å². The van der Waals surface area contributed by atoms with Gasteiger partial charge >= 0.3 is 0 Å². The van der Waals surface area contributed by atoms with Crippen molar-refractivity contribution in [2.24, 2.45) is 5.92 Å². The molecule has 0 saturated carbocycles. The summed E-state index contributed by atoms with van der Waals surface area (Å²) in [5.74, 6) is 0.997. The van der Waals surface area contributed by atoms with Gasteiger partial charge in [-0.15, -0.1) is 0 Å². The van der Waals surface area contributed by atoms with Crippen molar-refractivity contribution in [3.8, 4) is 5.75 Å². The molecule has 0 aliphatic carbocycles. The Labute approximate surface area is 89.7 Å². The number of carbonyl (C=O) groups excluding carboxylic acids is 1. The molecule has 0 saturated heterocycles. The van der Waals surface area contributed by atoms with Crippen LogP contribution in [0.15, 0.2) is 18.2 Å². The highest BCUT2D eigenvalue weighted by Crippen LogP contribution is 2.37. The molecule has 2 rings (SSSR count). The van der Waals surface area contributed by atoms with Crippen LogP contribution >= 0.6 is 0 Å². The van der Waals surface area contributed by atoms with Crippen LogP contribution in [0.2, 0.25) is 0 Å². The van der Waals surface area contributed by atoms with Gasteiger partial charge in [-0.25, -0.2) is 0 Å². The van der Waals surface area contributed by atoms with Gasteiger partial charge in [0.2, 0.25) is 5.91 Å². The van der Waals surface area contributed by atoms with Gasteiger partial charge in [-0.1, -0.05) is 19.1 Å². The first kappa shape index (κ1) is 10.0. The van der Waals surface area contributed by atoms with Crippen LogP contribution in [-0.4, -0.2) is 20.1 Å². The van der Waals surface area contributed by atoms with Crippen molar-refractivity contribution < 1.29 is 9.53 Å². The van der Waals surface area contributed by atoms with Crippen LogP contribution in [0.25, 0.3) is 0 Å². The first-order valence-electron chi connectivity index (χ1n) is 5.08. The third kappa shape index (κ3) is 1.48. The topological polar surface area (TPSA) is 29.5 Å². The molecule has 0 N–H and O–H groups in total. The fraction of sp³-hybridized carbons (Fsp3) is 0.417. The maximum Gasteiger partial charge on any atom is 0.230 e. The van der Waals surface area contributed by atoms with E-state index in [9.17, 15) is 4.79 Å². The zero-order valence-electron chi connectivity index (χ0n) is 9.28. The van der Waals surface area contributed by atoms with E-state index in [1.807, 2.05) is 19.1 Å². The quantitative estimate of drug-likeness (QED) is 0.700. The summed E-state index contributed by atoms with van der Waals surface area (Å²) >= 11 is 0. The molecule has 1 atom stereocenters. The van der Waals surface area contributed by atoms with Crippen molar-refractivity contribution in [3.63, 3.8) is 0 Å². The minimum Gasteiger partial charge on any atom is -0.495 e. The normalized spacial score (nSPS) is 20.1. The van der Waals surface area contributed by atoms with Crippen molar-refractivity contribution in [2.75, 3.05) is 19.1 Å². The summed E-state index contributed by atoms with van der Waals surface area (Å²) in [6.07, 6.45) is 0.801. The van der Waals surface area contributed by atoms with Gasteiger partial charge in [0, 0.05) is 13.0 Å². The van der Waals surface area contributed by atoms with Crippen molar-refractivity contribution in [2.45, 2.75) is 13.3 Å². The average molecular weight is 205 g/mol. The fourth-order valence-electron chi connectivity index (χ4n) is 2.14. The van der Waals surface area contributed by atoms with Crippen molar-refractivity contribution in [1.29, 1.82) is 0 Å². The Balaban J connectivity index is 2.55. The molecule has 1 aromatic rings. The average Bonchev–Trinajstić information content (AvgIpc) is 2.25. The number of fused-ring (bicyclic) bond motifs is 1. The zero-order chi connectivity index (χ0) is 11.0. The van der Waals surface area contributed by atoms with Crippen LogP contribution in [-0.2, 0) is 11.2 Å². The first-order valence-corrected chi connectivity index (χ1v) is 5.08. The predicted molar refractivity (Wildman–Crippen MR) is 59.3 cm³/mol. The molecule has 1 aliphatic heterocycles. The smallest absolute Gasteiger partial charge is 0.230 e. The SMILES string of the molecule is COc1cccc2c1N(C)C(=O)C(C)C2. The van der Waals surface area contributed by atoms with Crippen molar-refractivity contribution >= 4 is 11.6 Å². The van der Waals surface area contributed by atoms with Gasteiger partial charge in [-0.3, -0.25) is 4.79 Å². The van der Waals surface area contributed by atoms with Crippen LogP contribution in [0, 0.1) is 5.92 Å². The second-order valence-electron chi connectivity index (χ2n) is 3.97. The lowest BCUT2D eigenvalue weighted by molar-refractivity contribution is -0.122. The Morgan fingerprint density at radius 2 is 2.20 bits per heavy atom. The number of methoxy groups -OCH3 is 1. The van der Waals surface area contributed by atoms with E-state index < -0.39 is 0 Å². The summed E-state index contributed by atoms with van der Waals surface area (Å²) in [5.41, 5.74) is 2.10. The highest BCUT2D eigenvalue weighted by atomic mass is 16.5. The minimum atomic E-state index is 0.0645. The van der Waals surface area contributed by atoms with Crippen molar-refractivity contribution in [1.82, 2.24) is 0 Å². The highest BCUT2D eigenvalue weighted by molar-refractivity contribution is 5.99. The number of ether oxygens (including phenoxy) is 1. The van der Waals surface area contributed by atoms with Gasteiger partial charge in [0.1, 0.15) is 5.75 Å². The lowest BCUT2D eigenvalue weighted by Gasteiger charge is -2.30. The van der Waals surface area contributed by atoms with E-state index in [1.54, 1.807) is 19.1 Å². The number of carbonyl (C=O) groups is 1. The molecule has 3 nitrogen and oxygen atoms in total. The van der Waals surface area contributed by atoms with Crippen LogP contribution in [0.3, 0.4) is 0 Å². The van der Waals surface area contributed by atoms with E-state index >= 15 is 0 Å². The minimum absolute atomic E-state index is 0.0645. The number of hydrogen-bond donors (Lipinski definition) is 0. The summed E-state index contributed by atoms with van der Waals surface area (Å²) in [6.45, 7) is 1.96. The standard InChI is InChI=1S/C12H15NO2/c1-8-7-9-5-4-6-10(15-3)11(9)13(2)12(8)14/h4-6,8H,7H2,1-3H3. The van der Waals surface area contributed by atoms with Crippen LogP contribution in [0.4, 0.5) is 5.69 Å². The maximum atomic E-state index is 11.8. The molecule has 80 valence electrons. The zero-order valence-corrected chi connectivity index (χ0v) is 9.28. The number of nitrogens with zero attached hydrogens (tertiary/aromatic N) is 1. The molecule has 1 aliphatic rings. The molecule has 1 aromatic carbocycles. The molecule has 1 amide bonds. The van der Waals surface area contributed by atoms with Gasteiger partial charge in [0.05, 0.1) is 12.8 Å². The highest BCUT2D eigenvalue weighted by Gasteiger charge is 2.29. The second kappa shape index (κ2) is 3.57. The number of hydrogen-bond acceptors (Lipinski definition) is 2. The largest absolute Gasteiger partial charge is 0.495 e. The number of anilines is 1. The molecule has 1 heterocycles. The van der Waals surface area contributed by atoms with Gasteiger partial charge in [-0.05, 0) is 18.1 Å². The van der Waals surface area contributed by atoms with Gasteiger partial charge in [-0.2, -0.15) is 0 Å². The van der Waals surface area contributed by atoms with Crippen LogP contribution < -0.4 is 9.64 Å². The number of amides is 1. The van der Waals surface area contributed by atoms with E-state index in [1.165, 1.54) is 5.56 Å². The Morgan fingerprint density at radius 1 is 1.47 bits per heavy atom. The van der Waals surface area contributed by atoms with E-state index in [2.05, 4.69) is 6.07 Å². The lowest BCUT2D eigenvalue weighted by Crippen LogP contribution is -2.37. The molecule has 15 heavy (non-hydrogen) atoms. The Hall–Kier alpha value is -1.51. The summed E-state index contributed by atoms with van der Waals surface area (Å²) < 4.78 is 5.27. The first-order chi connectivity index (χ1) is 7.15. The molecular weight excluding hydrogens is 190 g/mol. The van der Waals surface area contributed by atoms with E-state index in [-0.39, 0.29) is 11.8 Å². The Morgan fingerprint density at radius 3 is 2.87 bits per heavy atom. The molecule has 0 fully saturated rings. The number of para-hydroxylation sites is 1. The Kier molecular flexibility index (Phi) is 2.39. The lowest BCUT2D eigenvalue weighted by atomic mass is 9.93. The molecule has 0 spiro atoms. The fourth-order valence-corrected chi connectivity index (χ4v) is 2.14. The van der Waals surface area contributed by atoms with Gasteiger partial charge in [0.25, 0.3) is 0 Å². The Bertz CT molecular complexity index is 401. The molecule has 0 radical (unpaired) electrons. The summed E-state index contributed by atoms with van der Waals surface area (Å²) in [7, 11) is 3.44. The summed E-state index contributed by atoms with van der Waals surface area (Å²) in [6, 6.07) is 5.91. The molecular formula is C12H15NO2. The molecule has 0 aromatic heterocycles. The van der Waals surface area contributed by atoms with Gasteiger partial charge in [0.15, 0.2) is 0 Å². The van der Waals surface area contributed by atoms with Crippen LogP contribution in [0.5, 0.6) is 5.75 Å². The van der Waals surface area contributed by atoms with Crippen molar-refractivity contribution in [3.05, 3.63) is 23.8 Å². The molecule has 1 unspecified atom stereocenters. The van der Waals surface area contributed by atoms with Crippen LogP contribution in [0.1, 0.15) is 12.5 Å². The summed E-state index contributed by atoms with van der Waals surface area (Å²) in [4.78, 5) is 13.5. The number of rotatable bonds is 1. The predicted octanol–water partition coefficient (Wildman–Crippen LogP) is 1.85. The third-order valence-electron chi connectivity index (χ3n) is 2.92. The second-order valence-corrected chi connectivity index (χ2v) is 3.97. The summed E-state index contributed by atoms with van der Waals surface area (Å²) in [5, 5.41) is 0. The number of benzene rings is 1. The van der Waals surface area contributed by atoms with E-state index in [4.69, 9.17) is 4.74 Å². The monoisotopic (exact) mass is 205 g/mol. The molecule has 0 bridgehead atoms. The maximum absolute atomic E-state index is 11.8.